The van der Waals surface area contributed by atoms with E-state index in [0.717, 1.165) is 12.1 Å². The number of rotatable bonds is 4. The molecule has 1 aromatic carbocycles. The Labute approximate surface area is 144 Å². The van der Waals surface area contributed by atoms with Crippen molar-refractivity contribution in [3.8, 4) is 0 Å². The van der Waals surface area contributed by atoms with Crippen LogP contribution in [-0.4, -0.2) is 37.5 Å². The number of hydrogen-bond donors (Lipinski definition) is 1. The van der Waals surface area contributed by atoms with Crippen LogP contribution in [0.25, 0.3) is 0 Å². The van der Waals surface area contributed by atoms with E-state index >= 15 is 0 Å². The van der Waals surface area contributed by atoms with Crippen LogP contribution in [0.5, 0.6) is 0 Å². The molecule has 24 heavy (non-hydrogen) atoms. The summed E-state index contributed by atoms with van der Waals surface area (Å²) in [6.45, 7) is 1.29. The van der Waals surface area contributed by atoms with E-state index in [0.29, 0.717) is 31.9 Å². The first-order valence-corrected chi connectivity index (χ1v) is 9.31. The molecule has 0 amide bonds. The van der Waals surface area contributed by atoms with E-state index in [9.17, 15) is 12.8 Å². The normalized spacial score (nSPS) is 16.3. The van der Waals surface area contributed by atoms with E-state index in [4.69, 9.17) is 11.6 Å². The molecule has 0 radical (unpaired) electrons. The molecule has 1 aliphatic heterocycles. The highest BCUT2D eigenvalue weighted by Gasteiger charge is 2.26. The quantitative estimate of drug-likeness (QED) is 0.893. The van der Waals surface area contributed by atoms with Gasteiger partial charge in [-0.3, -0.25) is 0 Å². The van der Waals surface area contributed by atoms with E-state index in [1.807, 2.05) is 4.90 Å². The van der Waals surface area contributed by atoms with Crippen LogP contribution in [-0.2, 0) is 10.0 Å². The fraction of sp³-hybridized carbons (Fsp3) is 0.333. The molecule has 1 aliphatic rings. The highest BCUT2D eigenvalue weighted by atomic mass is 35.5. The summed E-state index contributed by atoms with van der Waals surface area (Å²) in [5.74, 6) is 0.0653. The maximum absolute atomic E-state index is 13.1. The van der Waals surface area contributed by atoms with E-state index in [-0.39, 0.29) is 16.0 Å². The number of aromatic nitrogens is 2. The van der Waals surface area contributed by atoms with Gasteiger partial charge < -0.3 is 4.90 Å². The molecule has 0 saturated carbocycles. The van der Waals surface area contributed by atoms with Crippen LogP contribution in [0.2, 0.25) is 5.02 Å². The third-order valence-corrected chi connectivity index (χ3v) is 5.84. The Morgan fingerprint density at radius 2 is 1.88 bits per heavy atom. The van der Waals surface area contributed by atoms with Crippen molar-refractivity contribution in [1.82, 2.24) is 14.7 Å². The summed E-state index contributed by atoms with van der Waals surface area (Å²) < 4.78 is 40.6. The van der Waals surface area contributed by atoms with Crippen LogP contribution in [0.3, 0.4) is 0 Å². The molecule has 1 N–H and O–H groups in total. The first-order chi connectivity index (χ1) is 11.5. The Kier molecular flexibility index (Phi) is 4.98. The first kappa shape index (κ1) is 17.1. The van der Waals surface area contributed by atoms with Gasteiger partial charge in [-0.05, 0) is 37.1 Å². The van der Waals surface area contributed by atoms with Gasteiger partial charge in [-0.2, -0.15) is 0 Å². The molecule has 0 aliphatic carbocycles. The lowest BCUT2D eigenvalue weighted by Gasteiger charge is -2.32. The smallest absolute Gasteiger partial charge is 0.242 e. The number of sulfonamides is 1. The van der Waals surface area contributed by atoms with E-state index in [2.05, 4.69) is 14.7 Å². The van der Waals surface area contributed by atoms with Crippen LogP contribution in [0.4, 0.5) is 10.3 Å². The molecule has 2 aromatic rings. The molecule has 0 bridgehead atoms. The van der Waals surface area contributed by atoms with Crippen LogP contribution in [0.1, 0.15) is 12.8 Å². The van der Waals surface area contributed by atoms with Gasteiger partial charge in [0.2, 0.25) is 16.0 Å². The molecule has 128 valence electrons. The van der Waals surface area contributed by atoms with Gasteiger partial charge in [-0.15, -0.1) is 0 Å². The zero-order valence-corrected chi connectivity index (χ0v) is 14.3. The minimum Gasteiger partial charge on any atom is -0.341 e. The van der Waals surface area contributed by atoms with E-state index in [1.165, 1.54) is 6.07 Å². The van der Waals surface area contributed by atoms with Gasteiger partial charge in [0, 0.05) is 31.5 Å². The van der Waals surface area contributed by atoms with Crippen molar-refractivity contribution in [1.29, 1.82) is 0 Å². The molecule has 3 rings (SSSR count). The van der Waals surface area contributed by atoms with Gasteiger partial charge in [-0.1, -0.05) is 11.6 Å². The number of benzene rings is 1. The SMILES string of the molecule is O=S(=O)(NC1CCN(c2ncccn2)CC1)c1ccc(F)cc1Cl. The molecule has 1 saturated heterocycles. The van der Waals surface area contributed by atoms with Crippen molar-refractivity contribution in [3.63, 3.8) is 0 Å². The van der Waals surface area contributed by atoms with Crippen molar-refractivity contribution in [2.24, 2.45) is 0 Å². The largest absolute Gasteiger partial charge is 0.341 e. The predicted molar refractivity (Wildman–Crippen MR) is 89.0 cm³/mol. The average molecular weight is 371 g/mol. The van der Waals surface area contributed by atoms with Gasteiger partial charge >= 0.3 is 0 Å². The molecule has 1 fully saturated rings. The second kappa shape index (κ2) is 7.00. The Bertz CT molecular complexity index is 811. The Morgan fingerprint density at radius 3 is 2.50 bits per heavy atom. The van der Waals surface area contributed by atoms with Gasteiger partial charge in [-0.25, -0.2) is 27.5 Å². The molecule has 0 spiro atoms. The topological polar surface area (TPSA) is 75.2 Å². The minimum absolute atomic E-state index is 0.112. The third kappa shape index (κ3) is 3.82. The number of halogens is 2. The summed E-state index contributed by atoms with van der Waals surface area (Å²) in [4.78, 5) is 10.3. The Hall–Kier alpha value is -1.77. The second-order valence-electron chi connectivity index (χ2n) is 5.51. The van der Waals surface area contributed by atoms with Gasteiger partial charge in [0.05, 0.1) is 5.02 Å². The van der Waals surface area contributed by atoms with Crippen molar-refractivity contribution >= 4 is 27.6 Å². The molecule has 0 atom stereocenters. The molecule has 2 heterocycles. The first-order valence-electron chi connectivity index (χ1n) is 7.45. The fourth-order valence-corrected chi connectivity index (χ4v) is 4.46. The number of nitrogens with zero attached hydrogens (tertiary/aromatic N) is 3. The lowest BCUT2D eigenvalue weighted by Crippen LogP contribution is -2.45. The summed E-state index contributed by atoms with van der Waals surface area (Å²) in [6, 6.07) is 4.78. The van der Waals surface area contributed by atoms with Gasteiger partial charge in [0.15, 0.2) is 0 Å². The zero-order valence-electron chi connectivity index (χ0n) is 12.7. The molecule has 6 nitrogen and oxygen atoms in total. The second-order valence-corrected chi connectivity index (χ2v) is 7.60. The third-order valence-electron chi connectivity index (χ3n) is 3.84. The van der Waals surface area contributed by atoms with Crippen molar-refractivity contribution in [2.45, 2.75) is 23.8 Å². The molecular weight excluding hydrogens is 355 g/mol. The van der Waals surface area contributed by atoms with Crippen molar-refractivity contribution < 1.29 is 12.8 Å². The standard InChI is InChI=1S/C15H16ClFN4O2S/c16-13-10-11(17)2-3-14(13)24(22,23)20-12-4-8-21(9-5-12)15-18-6-1-7-19-15/h1-3,6-7,10,12,20H,4-5,8-9H2. The molecule has 1 aromatic heterocycles. The van der Waals surface area contributed by atoms with E-state index in [1.54, 1.807) is 18.5 Å². The Balaban J connectivity index is 1.65. The summed E-state index contributed by atoms with van der Waals surface area (Å²) in [7, 11) is -3.79. The van der Waals surface area contributed by atoms with Crippen LogP contribution in [0, 0.1) is 5.82 Å². The van der Waals surface area contributed by atoms with Crippen LogP contribution < -0.4 is 9.62 Å². The van der Waals surface area contributed by atoms with Crippen molar-refractivity contribution in [3.05, 3.63) is 47.5 Å². The Morgan fingerprint density at radius 1 is 1.21 bits per heavy atom. The zero-order chi connectivity index (χ0) is 17.2. The average Bonchev–Trinajstić information content (AvgIpc) is 2.55. The number of anilines is 1. The van der Waals surface area contributed by atoms with Crippen molar-refractivity contribution in [2.75, 3.05) is 18.0 Å². The predicted octanol–water partition coefficient (Wildman–Crippen LogP) is 2.22. The highest BCUT2D eigenvalue weighted by molar-refractivity contribution is 7.89. The monoisotopic (exact) mass is 370 g/mol. The lowest BCUT2D eigenvalue weighted by atomic mass is 10.1. The fourth-order valence-electron chi connectivity index (χ4n) is 2.63. The maximum atomic E-state index is 13.1. The minimum atomic E-state index is -3.79. The summed E-state index contributed by atoms with van der Waals surface area (Å²) >= 11 is 5.85. The van der Waals surface area contributed by atoms with Gasteiger partial charge in [0.1, 0.15) is 10.7 Å². The maximum Gasteiger partial charge on any atom is 0.242 e. The highest BCUT2D eigenvalue weighted by Crippen LogP contribution is 2.24. The van der Waals surface area contributed by atoms with Crippen LogP contribution >= 0.6 is 11.6 Å². The summed E-state index contributed by atoms with van der Waals surface area (Å²) in [6.07, 6.45) is 4.59. The summed E-state index contributed by atoms with van der Waals surface area (Å²) in [5, 5.41) is -0.127. The van der Waals surface area contributed by atoms with E-state index < -0.39 is 15.8 Å². The van der Waals surface area contributed by atoms with Gasteiger partial charge in [0.25, 0.3) is 0 Å². The number of piperidine rings is 1. The molecular formula is C15H16ClFN4O2S. The molecule has 9 heteroatoms. The lowest BCUT2D eigenvalue weighted by molar-refractivity contribution is 0.456. The molecule has 0 unspecified atom stereocenters. The number of hydrogen-bond acceptors (Lipinski definition) is 5. The van der Waals surface area contributed by atoms with Crippen LogP contribution in [0.15, 0.2) is 41.6 Å². The summed E-state index contributed by atoms with van der Waals surface area (Å²) in [5.41, 5.74) is 0. The number of nitrogens with one attached hydrogen (secondary N) is 1.